The van der Waals surface area contributed by atoms with E-state index in [0.29, 0.717) is 17.3 Å². The SMILES string of the molecule is Cc1ccc(C(C)N(C)C(=O)c2n[nH]c(C3CC3)c2N)s1. The van der Waals surface area contributed by atoms with Crippen molar-refractivity contribution in [2.24, 2.45) is 0 Å². The van der Waals surface area contributed by atoms with Gasteiger partial charge in [0.05, 0.1) is 17.4 Å². The molecule has 2 aromatic heterocycles. The van der Waals surface area contributed by atoms with Crippen LogP contribution in [0.15, 0.2) is 12.1 Å². The lowest BCUT2D eigenvalue weighted by Gasteiger charge is -2.23. The van der Waals surface area contributed by atoms with E-state index in [1.165, 1.54) is 9.75 Å². The number of nitrogens with one attached hydrogen (secondary N) is 1. The van der Waals surface area contributed by atoms with Gasteiger partial charge in [0.2, 0.25) is 0 Å². The number of aromatic amines is 1. The maximum Gasteiger partial charge on any atom is 0.276 e. The Morgan fingerprint density at radius 3 is 2.81 bits per heavy atom. The molecule has 6 heteroatoms. The van der Waals surface area contributed by atoms with Gasteiger partial charge < -0.3 is 10.6 Å². The first-order valence-electron chi connectivity index (χ1n) is 7.16. The molecule has 0 bridgehead atoms. The Balaban J connectivity index is 1.80. The van der Waals surface area contributed by atoms with Gasteiger partial charge in [-0.25, -0.2) is 0 Å². The van der Waals surface area contributed by atoms with Crippen LogP contribution in [0.25, 0.3) is 0 Å². The van der Waals surface area contributed by atoms with Crippen LogP contribution >= 0.6 is 11.3 Å². The summed E-state index contributed by atoms with van der Waals surface area (Å²) in [6, 6.07) is 4.15. The first-order chi connectivity index (χ1) is 9.99. The molecule has 1 atom stereocenters. The molecule has 5 nitrogen and oxygen atoms in total. The van der Waals surface area contributed by atoms with E-state index in [0.717, 1.165) is 18.5 Å². The quantitative estimate of drug-likeness (QED) is 0.911. The van der Waals surface area contributed by atoms with Crippen molar-refractivity contribution in [3.8, 4) is 0 Å². The minimum absolute atomic E-state index is 0.0108. The van der Waals surface area contributed by atoms with Gasteiger partial charge in [-0.3, -0.25) is 9.89 Å². The number of carbonyl (C=O) groups is 1. The number of amides is 1. The van der Waals surface area contributed by atoms with Crippen LogP contribution in [0.2, 0.25) is 0 Å². The highest BCUT2D eigenvalue weighted by molar-refractivity contribution is 7.12. The normalized spacial score (nSPS) is 16.0. The zero-order valence-corrected chi connectivity index (χ0v) is 13.3. The number of aromatic nitrogens is 2. The number of aryl methyl sites for hydroxylation is 1. The monoisotopic (exact) mass is 304 g/mol. The highest BCUT2D eigenvalue weighted by Crippen LogP contribution is 2.42. The fraction of sp³-hybridized carbons (Fsp3) is 0.467. The molecule has 3 N–H and O–H groups in total. The Kier molecular flexibility index (Phi) is 3.49. The summed E-state index contributed by atoms with van der Waals surface area (Å²) in [7, 11) is 1.80. The summed E-state index contributed by atoms with van der Waals surface area (Å²) in [5.74, 6) is 0.330. The number of carbonyl (C=O) groups excluding carboxylic acids is 1. The van der Waals surface area contributed by atoms with Gasteiger partial charge in [0.1, 0.15) is 0 Å². The van der Waals surface area contributed by atoms with Gasteiger partial charge in [-0.05, 0) is 38.8 Å². The number of nitrogens with two attached hydrogens (primary N) is 1. The van der Waals surface area contributed by atoms with Crippen molar-refractivity contribution in [1.29, 1.82) is 0 Å². The molecular weight excluding hydrogens is 284 g/mol. The predicted molar refractivity (Wildman–Crippen MR) is 84.5 cm³/mol. The molecule has 0 spiro atoms. The molecule has 0 aliphatic heterocycles. The van der Waals surface area contributed by atoms with Crippen molar-refractivity contribution >= 4 is 22.9 Å². The first-order valence-corrected chi connectivity index (χ1v) is 7.98. The smallest absolute Gasteiger partial charge is 0.276 e. The predicted octanol–water partition coefficient (Wildman–Crippen LogP) is 3.07. The number of H-pyrrole nitrogens is 1. The second-order valence-electron chi connectivity index (χ2n) is 5.71. The van der Waals surface area contributed by atoms with Crippen molar-refractivity contribution in [2.45, 2.75) is 38.6 Å². The van der Waals surface area contributed by atoms with Gasteiger partial charge in [0, 0.05) is 22.7 Å². The summed E-state index contributed by atoms with van der Waals surface area (Å²) >= 11 is 1.71. The zero-order chi connectivity index (χ0) is 15.1. The van der Waals surface area contributed by atoms with E-state index < -0.39 is 0 Å². The van der Waals surface area contributed by atoms with E-state index in [1.54, 1.807) is 23.3 Å². The zero-order valence-electron chi connectivity index (χ0n) is 12.5. The molecule has 0 aromatic carbocycles. The van der Waals surface area contributed by atoms with Crippen LogP contribution in [0.4, 0.5) is 5.69 Å². The Morgan fingerprint density at radius 1 is 1.52 bits per heavy atom. The molecule has 1 unspecified atom stereocenters. The Bertz CT molecular complexity index is 671. The molecule has 21 heavy (non-hydrogen) atoms. The Labute approximate surface area is 128 Å². The standard InChI is InChI=1S/C15H20N4OS/c1-8-4-7-11(21-8)9(2)19(3)15(20)14-12(16)13(17-18-14)10-5-6-10/h4,7,9-10H,5-6,16H2,1-3H3,(H,17,18). The molecular formula is C15H20N4OS. The van der Waals surface area contributed by atoms with Crippen molar-refractivity contribution in [3.63, 3.8) is 0 Å². The lowest BCUT2D eigenvalue weighted by atomic mass is 10.2. The van der Waals surface area contributed by atoms with Gasteiger partial charge in [-0.1, -0.05) is 0 Å². The molecule has 2 heterocycles. The van der Waals surface area contributed by atoms with Crippen molar-refractivity contribution in [3.05, 3.63) is 33.3 Å². The molecule has 112 valence electrons. The third-order valence-electron chi connectivity index (χ3n) is 4.10. The van der Waals surface area contributed by atoms with Gasteiger partial charge >= 0.3 is 0 Å². The van der Waals surface area contributed by atoms with Crippen LogP contribution in [0.1, 0.15) is 57.7 Å². The minimum Gasteiger partial charge on any atom is -0.395 e. The molecule has 1 fully saturated rings. The van der Waals surface area contributed by atoms with Gasteiger partial charge in [0.25, 0.3) is 5.91 Å². The second-order valence-corrected chi connectivity index (χ2v) is 7.03. The fourth-order valence-electron chi connectivity index (χ4n) is 2.42. The molecule has 0 radical (unpaired) electrons. The Morgan fingerprint density at radius 2 is 2.24 bits per heavy atom. The molecule has 0 saturated heterocycles. The van der Waals surface area contributed by atoms with Crippen molar-refractivity contribution in [2.75, 3.05) is 12.8 Å². The van der Waals surface area contributed by atoms with Crippen molar-refractivity contribution < 1.29 is 4.79 Å². The number of thiophene rings is 1. The van der Waals surface area contributed by atoms with E-state index in [-0.39, 0.29) is 11.9 Å². The summed E-state index contributed by atoms with van der Waals surface area (Å²) < 4.78 is 0. The summed E-state index contributed by atoms with van der Waals surface area (Å²) in [5, 5.41) is 7.08. The van der Waals surface area contributed by atoms with Gasteiger partial charge in [-0.2, -0.15) is 5.10 Å². The van der Waals surface area contributed by atoms with Crippen LogP contribution in [-0.2, 0) is 0 Å². The van der Waals surface area contributed by atoms with E-state index >= 15 is 0 Å². The average Bonchev–Trinajstić information content (AvgIpc) is 3.10. The summed E-state index contributed by atoms with van der Waals surface area (Å²) in [6.45, 7) is 4.09. The highest BCUT2D eigenvalue weighted by Gasteiger charge is 2.32. The third kappa shape index (κ3) is 2.55. The first kappa shape index (κ1) is 14.1. The van der Waals surface area contributed by atoms with Crippen LogP contribution in [-0.4, -0.2) is 28.1 Å². The van der Waals surface area contributed by atoms with E-state index in [9.17, 15) is 4.79 Å². The molecule has 2 aromatic rings. The molecule has 1 aliphatic carbocycles. The number of rotatable bonds is 4. The lowest BCUT2D eigenvalue weighted by molar-refractivity contribution is 0.0740. The third-order valence-corrected chi connectivity index (χ3v) is 5.27. The van der Waals surface area contributed by atoms with Crippen LogP contribution in [0.3, 0.4) is 0 Å². The molecule has 3 rings (SSSR count). The molecule has 1 amide bonds. The average molecular weight is 304 g/mol. The van der Waals surface area contributed by atoms with Crippen molar-refractivity contribution in [1.82, 2.24) is 15.1 Å². The maximum absolute atomic E-state index is 12.6. The second kappa shape index (κ2) is 5.18. The maximum atomic E-state index is 12.6. The number of anilines is 1. The highest BCUT2D eigenvalue weighted by atomic mass is 32.1. The number of nitrogens with zero attached hydrogens (tertiary/aromatic N) is 2. The summed E-state index contributed by atoms with van der Waals surface area (Å²) in [6.07, 6.45) is 2.25. The van der Waals surface area contributed by atoms with Crippen LogP contribution < -0.4 is 5.73 Å². The largest absolute Gasteiger partial charge is 0.395 e. The molecule has 1 aliphatic rings. The van der Waals surface area contributed by atoms with Gasteiger partial charge in [0.15, 0.2) is 5.69 Å². The lowest BCUT2D eigenvalue weighted by Crippen LogP contribution is -2.30. The van der Waals surface area contributed by atoms with Gasteiger partial charge in [-0.15, -0.1) is 11.3 Å². The van der Waals surface area contributed by atoms with Crippen LogP contribution in [0, 0.1) is 6.92 Å². The minimum atomic E-state index is -0.130. The van der Waals surface area contributed by atoms with E-state index in [4.69, 9.17) is 5.73 Å². The molecule has 1 saturated carbocycles. The number of hydrogen-bond donors (Lipinski definition) is 2. The number of hydrogen-bond acceptors (Lipinski definition) is 4. The summed E-state index contributed by atoms with van der Waals surface area (Å²) in [5.41, 5.74) is 7.87. The van der Waals surface area contributed by atoms with E-state index in [2.05, 4.69) is 29.3 Å². The summed E-state index contributed by atoms with van der Waals surface area (Å²) in [4.78, 5) is 16.7. The fourth-order valence-corrected chi connectivity index (χ4v) is 3.39. The van der Waals surface area contributed by atoms with Crippen LogP contribution in [0.5, 0.6) is 0 Å². The number of nitrogen functional groups attached to an aromatic ring is 1. The Hall–Kier alpha value is -1.82. The van der Waals surface area contributed by atoms with E-state index in [1.807, 2.05) is 6.92 Å². The topological polar surface area (TPSA) is 75.0 Å².